The summed E-state index contributed by atoms with van der Waals surface area (Å²) in [6.07, 6.45) is 2.00. The number of aromatic amines is 1. The van der Waals surface area contributed by atoms with Crippen molar-refractivity contribution in [3.8, 4) is 5.75 Å². The third-order valence-corrected chi connectivity index (χ3v) is 3.08. The smallest absolute Gasteiger partial charge is 0.225 e. The molecule has 2 N–H and O–H groups in total. The van der Waals surface area contributed by atoms with E-state index in [2.05, 4.69) is 15.5 Å². The first-order valence-corrected chi connectivity index (χ1v) is 6.68. The van der Waals surface area contributed by atoms with Crippen molar-refractivity contribution in [1.82, 2.24) is 10.2 Å². The van der Waals surface area contributed by atoms with Crippen molar-refractivity contribution in [3.63, 3.8) is 0 Å². The monoisotopic (exact) mass is 273 g/mol. The second-order valence-corrected chi connectivity index (χ2v) is 4.53. The molecule has 5 nitrogen and oxygen atoms in total. The highest BCUT2D eigenvalue weighted by atomic mass is 16.5. The van der Waals surface area contributed by atoms with Crippen LogP contribution >= 0.6 is 0 Å². The van der Waals surface area contributed by atoms with Crippen molar-refractivity contribution in [2.24, 2.45) is 0 Å². The van der Waals surface area contributed by atoms with Crippen LogP contribution in [0.2, 0.25) is 0 Å². The predicted octanol–water partition coefficient (Wildman–Crippen LogP) is 2.55. The molecule has 0 fully saturated rings. The van der Waals surface area contributed by atoms with Gasteiger partial charge < -0.3 is 10.1 Å². The molecular formula is C15H19N3O2. The topological polar surface area (TPSA) is 67.0 Å². The number of carbonyl (C=O) groups is 1. The van der Waals surface area contributed by atoms with Crippen LogP contribution in [0.5, 0.6) is 5.75 Å². The van der Waals surface area contributed by atoms with Gasteiger partial charge in [-0.1, -0.05) is 19.1 Å². The fourth-order valence-electron chi connectivity index (χ4n) is 1.86. The number of ether oxygens (including phenoxy) is 1. The van der Waals surface area contributed by atoms with Gasteiger partial charge in [-0.05, 0) is 30.5 Å². The molecule has 5 heteroatoms. The van der Waals surface area contributed by atoms with Crippen LogP contribution in [0.4, 0.5) is 5.82 Å². The molecule has 0 spiro atoms. The van der Waals surface area contributed by atoms with E-state index in [0.717, 1.165) is 23.4 Å². The van der Waals surface area contributed by atoms with E-state index in [1.807, 2.05) is 37.3 Å². The number of anilines is 1. The summed E-state index contributed by atoms with van der Waals surface area (Å²) < 4.78 is 5.10. The summed E-state index contributed by atoms with van der Waals surface area (Å²) >= 11 is 0. The molecule has 1 aromatic carbocycles. The molecule has 2 aromatic rings. The fourth-order valence-corrected chi connectivity index (χ4v) is 1.86. The van der Waals surface area contributed by atoms with E-state index in [1.165, 1.54) is 0 Å². The van der Waals surface area contributed by atoms with Crippen molar-refractivity contribution in [2.75, 3.05) is 12.4 Å². The van der Waals surface area contributed by atoms with Gasteiger partial charge in [0.05, 0.1) is 7.11 Å². The molecular weight excluding hydrogens is 254 g/mol. The van der Waals surface area contributed by atoms with Crippen LogP contribution in [0.15, 0.2) is 30.3 Å². The van der Waals surface area contributed by atoms with Crippen molar-refractivity contribution in [3.05, 3.63) is 41.6 Å². The number of hydrogen-bond donors (Lipinski definition) is 2. The molecule has 0 aliphatic rings. The van der Waals surface area contributed by atoms with E-state index in [1.54, 1.807) is 7.11 Å². The molecule has 0 radical (unpaired) electrons. The summed E-state index contributed by atoms with van der Waals surface area (Å²) in [5.41, 5.74) is 2.12. The summed E-state index contributed by atoms with van der Waals surface area (Å²) in [6, 6.07) is 9.58. The first kappa shape index (κ1) is 14.1. The predicted molar refractivity (Wildman–Crippen MR) is 77.9 cm³/mol. The lowest BCUT2D eigenvalue weighted by atomic mass is 10.1. The molecule has 20 heavy (non-hydrogen) atoms. The quantitative estimate of drug-likeness (QED) is 0.850. The second kappa shape index (κ2) is 6.75. The maximum Gasteiger partial charge on any atom is 0.225 e. The Bertz CT molecular complexity index is 561. The maximum atomic E-state index is 11.8. The van der Waals surface area contributed by atoms with Crippen molar-refractivity contribution < 1.29 is 9.53 Å². The van der Waals surface area contributed by atoms with Crippen molar-refractivity contribution >= 4 is 11.7 Å². The van der Waals surface area contributed by atoms with Gasteiger partial charge in [-0.25, -0.2) is 0 Å². The molecule has 2 rings (SSSR count). The van der Waals surface area contributed by atoms with Gasteiger partial charge in [-0.2, -0.15) is 5.10 Å². The van der Waals surface area contributed by atoms with Gasteiger partial charge >= 0.3 is 0 Å². The molecule has 1 heterocycles. The summed E-state index contributed by atoms with van der Waals surface area (Å²) in [6.45, 7) is 2.03. The number of benzene rings is 1. The Morgan fingerprint density at radius 1 is 1.35 bits per heavy atom. The number of H-pyrrole nitrogens is 1. The van der Waals surface area contributed by atoms with Crippen LogP contribution in [0.25, 0.3) is 0 Å². The van der Waals surface area contributed by atoms with Gasteiger partial charge in [0.25, 0.3) is 0 Å². The second-order valence-electron chi connectivity index (χ2n) is 4.53. The normalized spacial score (nSPS) is 10.3. The van der Waals surface area contributed by atoms with Gasteiger partial charge in [-0.3, -0.25) is 9.89 Å². The molecule has 0 aliphatic carbocycles. The van der Waals surface area contributed by atoms with Crippen LogP contribution in [-0.2, 0) is 17.6 Å². The van der Waals surface area contributed by atoms with Gasteiger partial charge in [-0.15, -0.1) is 0 Å². The lowest BCUT2D eigenvalue weighted by Crippen LogP contribution is -2.12. The molecule has 1 amide bonds. The fraction of sp³-hybridized carbons (Fsp3) is 0.333. The molecule has 0 bridgehead atoms. The van der Waals surface area contributed by atoms with E-state index >= 15 is 0 Å². The number of nitrogens with one attached hydrogen (secondary N) is 2. The minimum atomic E-state index is -0.0324. The van der Waals surface area contributed by atoms with E-state index in [-0.39, 0.29) is 5.91 Å². The number of methoxy groups -OCH3 is 1. The summed E-state index contributed by atoms with van der Waals surface area (Å²) in [5, 5.41) is 9.68. The Morgan fingerprint density at radius 3 is 2.70 bits per heavy atom. The number of carbonyl (C=O) groups excluding carboxylic acids is 1. The highest BCUT2D eigenvalue weighted by Crippen LogP contribution is 2.13. The standard InChI is InChI=1S/C15H19N3O2/c1-3-12-10-14(18-17-12)16-15(19)9-6-11-4-7-13(20-2)8-5-11/h4-5,7-8,10H,3,6,9H2,1-2H3,(H2,16,17,18,19). The Labute approximate surface area is 118 Å². The Kier molecular flexibility index (Phi) is 4.76. The number of amides is 1. The van der Waals surface area contributed by atoms with Gasteiger partial charge in [0.1, 0.15) is 5.75 Å². The van der Waals surface area contributed by atoms with E-state index < -0.39 is 0 Å². The zero-order chi connectivity index (χ0) is 14.4. The van der Waals surface area contributed by atoms with Crippen molar-refractivity contribution in [1.29, 1.82) is 0 Å². The third-order valence-electron chi connectivity index (χ3n) is 3.08. The van der Waals surface area contributed by atoms with Crippen LogP contribution < -0.4 is 10.1 Å². The lowest BCUT2D eigenvalue weighted by molar-refractivity contribution is -0.116. The van der Waals surface area contributed by atoms with Crippen LogP contribution in [-0.4, -0.2) is 23.2 Å². The molecule has 0 atom stereocenters. The summed E-state index contributed by atoms with van der Waals surface area (Å²) in [7, 11) is 1.64. The van der Waals surface area contributed by atoms with Gasteiger partial charge in [0.15, 0.2) is 5.82 Å². The molecule has 0 saturated heterocycles. The Morgan fingerprint density at radius 2 is 2.10 bits per heavy atom. The number of aryl methyl sites for hydroxylation is 2. The van der Waals surface area contributed by atoms with Gasteiger partial charge in [0.2, 0.25) is 5.91 Å². The molecule has 0 saturated carbocycles. The molecule has 106 valence electrons. The highest BCUT2D eigenvalue weighted by molar-refractivity contribution is 5.89. The van der Waals surface area contributed by atoms with E-state index in [9.17, 15) is 4.79 Å². The largest absolute Gasteiger partial charge is 0.497 e. The number of rotatable bonds is 6. The summed E-state index contributed by atoms with van der Waals surface area (Å²) in [4.78, 5) is 11.8. The number of nitrogens with zero attached hydrogens (tertiary/aromatic N) is 1. The maximum absolute atomic E-state index is 11.8. The Hall–Kier alpha value is -2.30. The lowest BCUT2D eigenvalue weighted by Gasteiger charge is -2.04. The van der Waals surface area contributed by atoms with E-state index in [4.69, 9.17) is 4.74 Å². The molecule has 0 aliphatic heterocycles. The average Bonchev–Trinajstić information content (AvgIpc) is 2.93. The van der Waals surface area contributed by atoms with Crippen molar-refractivity contribution in [2.45, 2.75) is 26.2 Å². The third kappa shape index (κ3) is 3.85. The zero-order valence-corrected chi connectivity index (χ0v) is 11.8. The first-order chi connectivity index (χ1) is 9.71. The Balaban J connectivity index is 1.82. The highest BCUT2D eigenvalue weighted by Gasteiger charge is 2.06. The average molecular weight is 273 g/mol. The van der Waals surface area contributed by atoms with E-state index in [0.29, 0.717) is 18.7 Å². The summed E-state index contributed by atoms with van der Waals surface area (Å²) in [5.74, 6) is 1.37. The van der Waals surface area contributed by atoms with Gasteiger partial charge in [0, 0.05) is 18.2 Å². The minimum absolute atomic E-state index is 0.0324. The number of hydrogen-bond acceptors (Lipinski definition) is 3. The van der Waals surface area contributed by atoms with Crippen LogP contribution in [0, 0.1) is 0 Å². The SMILES string of the molecule is CCc1cc(NC(=O)CCc2ccc(OC)cc2)n[nH]1. The minimum Gasteiger partial charge on any atom is -0.497 e. The molecule has 1 aromatic heterocycles. The van der Waals surface area contributed by atoms with Crippen LogP contribution in [0.1, 0.15) is 24.6 Å². The van der Waals surface area contributed by atoms with Crippen LogP contribution in [0.3, 0.4) is 0 Å². The first-order valence-electron chi connectivity index (χ1n) is 6.68. The zero-order valence-electron chi connectivity index (χ0n) is 11.8. The molecule has 0 unspecified atom stereocenters. The number of aromatic nitrogens is 2.